The van der Waals surface area contributed by atoms with Crippen molar-refractivity contribution in [3.8, 4) is 17.2 Å². The highest BCUT2D eigenvalue weighted by atomic mass is 79.9. The molecule has 1 aliphatic heterocycles. The van der Waals surface area contributed by atoms with Crippen LogP contribution in [0.15, 0.2) is 51.8 Å². The van der Waals surface area contributed by atoms with Crippen LogP contribution in [0, 0.1) is 0 Å². The minimum atomic E-state index is -0.417. The number of carbonyl (C=O) groups is 2. The van der Waals surface area contributed by atoms with Gasteiger partial charge in [0.2, 0.25) is 0 Å². The Kier molecular flexibility index (Phi) is 6.08. The molecule has 0 atom stereocenters. The number of phenols is 1. The van der Waals surface area contributed by atoms with Gasteiger partial charge in [-0.1, -0.05) is 34.1 Å². The molecule has 27 heavy (non-hydrogen) atoms. The molecule has 1 aliphatic rings. The van der Waals surface area contributed by atoms with Crippen LogP contribution in [0.4, 0.5) is 4.79 Å². The number of halogens is 1. The average molecular weight is 450 g/mol. The van der Waals surface area contributed by atoms with Crippen molar-refractivity contribution >= 4 is 44.9 Å². The summed E-state index contributed by atoms with van der Waals surface area (Å²) in [5.74, 6) is 0.428. The predicted molar refractivity (Wildman–Crippen MR) is 107 cm³/mol. The number of para-hydroxylation sites is 1. The summed E-state index contributed by atoms with van der Waals surface area (Å²) in [5, 5.41) is 9.86. The second-order valence-corrected chi connectivity index (χ2v) is 7.45. The highest BCUT2D eigenvalue weighted by Gasteiger charge is 2.35. The Balaban J connectivity index is 1.72. The number of nitrogens with zero attached hydrogens (tertiary/aromatic N) is 1. The molecule has 1 heterocycles. The standard InChI is InChI=1S/C19H16BrNO5S/c1-25-15-11-13(20)9-12(17(15)22)10-16-18(23)21(19(24)27-16)7-8-26-14-5-3-2-4-6-14/h2-6,9-11,22H,7-8H2,1H3/b16-10-. The van der Waals surface area contributed by atoms with E-state index in [0.29, 0.717) is 15.8 Å². The minimum absolute atomic E-state index is 0.0973. The topological polar surface area (TPSA) is 76.1 Å². The summed E-state index contributed by atoms with van der Waals surface area (Å²) < 4.78 is 11.3. The summed E-state index contributed by atoms with van der Waals surface area (Å²) >= 11 is 4.15. The van der Waals surface area contributed by atoms with Crippen molar-refractivity contribution in [2.75, 3.05) is 20.3 Å². The Hall–Kier alpha value is -2.45. The van der Waals surface area contributed by atoms with Crippen molar-refractivity contribution in [3.63, 3.8) is 0 Å². The largest absolute Gasteiger partial charge is 0.504 e. The van der Waals surface area contributed by atoms with Gasteiger partial charge in [-0.05, 0) is 42.1 Å². The zero-order valence-corrected chi connectivity index (χ0v) is 16.7. The maximum atomic E-state index is 12.5. The van der Waals surface area contributed by atoms with Crippen LogP contribution in [-0.4, -0.2) is 41.4 Å². The van der Waals surface area contributed by atoms with Gasteiger partial charge in [-0.2, -0.15) is 0 Å². The first kappa shape index (κ1) is 19.3. The third kappa shape index (κ3) is 4.45. The molecule has 0 unspecified atom stereocenters. The number of rotatable bonds is 6. The van der Waals surface area contributed by atoms with E-state index in [1.807, 2.05) is 18.2 Å². The van der Waals surface area contributed by atoms with Gasteiger partial charge in [-0.3, -0.25) is 14.5 Å². The first-order valence-corrected chi connectivity index (χ1v) is 9.60. The molecule has 6 nitrogen and oxygen atoms in total. The van der Waals surface area contributed by atoms with Gasteiger partial charge in [0.05, 0.1) is 18.6 Å². The van der Waals surface area contributed by atoms with Crippen molar-refractivity contribution in [2.24, 2.45) is 0 Å². The zero-order chi connectivity index (χ0) is 19.4. The molecule has 140 valence electrons. The lowest BCUT2D eigenvalue weighted by Gasteiger charge is -2.13. The van der Waals surface area contributed by atoms with Crippen LogP contribution >= 0.6 is 27.7 Å². The molecule has 0 saturated carbocycles. The molecule has 0 spiro atoms. The summed E-state index contributed by atoms with van der Waals surface area (Å²) in [5.41, 5.74) is 0.382. The summed E-state index contributed by atoms with van der Waals surface area (Å²) in [6.07, 6.45) is 1.48. The lowest BCUT2D eigenvalue weighted by Crippen LogP contribution is -2.32. The molecule has 2 aromatic carbocycles. The number of benzene rings is 2. The van der Waals surface area contributed by atoms with Crippen molar-refractivity contribution in [1.29, 1.82) is 0 Å². The van der Waals surface area contributed by atoms with Gasteiger partial charge in [0.25, 0.3) is 11.1 Å². The number of thioether (sulfide) groups is 1. The average Bonchev–Trinajstić information content (AvgIpc) is 2.92. The molecular weight excluding hydrogens is 434 g/mol. The molecule has 2 aromatic rings. The van der Waals surface area contributed by atoms with Gasteiger partial charge in [0.15, 0.2) is 11.5 Å². The number of hydrogen-bond acceptors (Lipinski definition) is 6. The van der Waals surface area contributed by atoms with Crippen molar-refractivity contribution < 1.29 is 24.2 Å². The van der Waals surface area contributed by atoms with E-state index in [1.54, 1.807) is 24.3 Å². The van der Waals surface area contributed by atoms with E-state index < -0.39 is 5.91 Å². The van der Waals surface area contributed by atoms with Gasteiger partial charge < -0.3 is 14.6 Å². The molecule has 0 bridgehead atoms. The maximum absolute atomic E-state index is 12.5. The summed E-state index contributed by atoms with van der Waals surface area (Å²) in [6.45, 7) is 0.343. The predicted octanol–water partition coefficient (Wildman–Crippen LogP) is 4.28. The molecule has 1 N–H and O–H groups in total. The van der Waals surface area contributed by atoms with Gasteiger partial charge in [0.1, 0.15) is 12.4 Å². The number of methoxy groups -OCH3 is 1. The normalized spacial score (nSPS) is 15.5. The molecule has 2 amide bonds. The molecule has 0 radical (unpaired) electrons. The van der Waals surface area contributed by atoms with Crippen LogP contribution in [0.5, 0.6) is 17.2 Å². The molecule has 3 rings (SSSR count). The first-order chi connectivity index (χ1) is 13.0. The van der Waals surface area contributed by atoms with E-state index in [4.69, 9.17) is 9.47 Å². The highest BCUT2D eigenvalue weighted by molar-refractivity contribution is 9.10. The molecule has 1 fully saturated rings. The van der Waals surface area contributed by atoms with Gasteiger partial charge >= 0.3 is 0 Å². The number of amides is 2. The quantitative estimate of drug-likeness (QED) is 0.663. The van der Waals surface area contributed by atoms with Crippen molar-refractivity contribution in [3.05, 3.63) is 57.4 Å². The SMILES string of the molecule is COc1cc(Br)cc(/C=C2\SC(=O)N(CCOc3ccccc3)C2=O)c1O. The number of imide groups is 1. The minimum Gasteiger partial charge on any atom is -0.504 e. The smallest absolute Gasteiger partial charge is 0.293 e. The number of carbonyl (C=O) groups excluding carboxylic acids is 2. The van der Waals surface area contributed by atoms with Gasteiger partial charge in [0, 0.05) is 10.0 Å². The molecule has 0 aromatic heterocycles. The Morgan fingerprint density at radius 1 is 1.22 bits per heavy atom. The van der Waals surface area contributed by atoms with E-state index in [2.05, 4.69) is 15.9 Å². The third-order valence-electron chi connectivity index (χ3n) is 3.78. The number of ether oxygens (including phenoxy) is 2. The van der Waals surface area contributed by atoms with Crippen LogP contribution < -0.4 is 9.47 Å². The van der Waals surface area contributed by atoms with Crippen LogP contribution in [0.3, 0.4) is 0 Å². The highest BCUT2D eigenvalue weighted by Crippen LogP contribution is 2.38. The van der Waals surface area contributed by atoms with Crippen LogP contribution in [0.1, 0.15) is 5.56 Å². The first-order valence-electron chi connectivity index (χ1n) is 7.99. The lowest BCUT2D eigenvalue weighted by atomic mass is 10.1. The van der Waals surface area contributed by atoms with Crippen LogP contribution in [0.25, 0.3) is 6.08 Å². The number of hydrogen-bond donors (Lipinski definition) is 1. The lowest BCUT2D eigenvalue weighted by molar-refractivity contribution is -0.123. The Bertz CT molecular complexity index is 900. The summed E-state index contributed by atoms with van der Waals surface area (Å²) in [7, 11) is 1.44. The summed E-state index contributed by atoms with van der Waals surface area (Å²) in [6, 6.07) is 12.4. The fourth-order valence-electron chi connectivity index (χ4n) is 2.47. The zero-order valence-electron chi connectivity index (χ0n) is 14.3. The monoisotopic (exact) mass is 449 g/mol. The van der Waals surface area contributed by atoms with E-state index >= 15 is 0 Å². The summed E-state index contributed by atoms with van der Waals surface area (Å²) in [4.78, 5) is 26.1. The number of phenolic OH excluding ortho intramolecular Hbond substituents is 1. The molecular formula is C19H16BrNO5S. The molecule has 8 heteroatoms. The van der Waals surface area contributed by atoms with Gasteiger partial charge in [-0.15, -0.1) is 0 Å². The Morgan fingerprint density at radius 2 is 1.96 bits per heavy atom. The fraction of sp³-hybridized carbons (Fsp3) is 0.158. The Morgan fingerprint density at radius 3 is 2.67 bits per heavy atom. The van der Waals surface area contributed by atoms with Crippen LogP contribution in [-0.2, 0) is 4.79 Å². The number of aromatic hydroxyl groups is 1. The molecule has 0 aliphatic carbocycles. The second kappa shape index (κ2) is 8.49. The van der Waals surface area contributed by atoms with Crippen LogP contribution in [0.2, 0.25) is 0 Å². The van der Waals surface area contributed by atoms with E-state index in [-0.39, 0.29) is 34.8 Å². The van der Waals surface area contributed by atoms with Gasteiger partial charge in [-0.25, -0.2) is 0 Å². The van der Waals surface area contributed by atoms with Crippen molar-refractivity contribution in [2.45, 2.75) is 0 Å². The van der Waals surface area contributed by atoms with E-state index in [0.717, 1.165) is 16.7 Å². The third-order valence-corrected chi connectivity index (χ3v) is 5.14. The fourth-order valence-corrected chi connectivity index (χ4v) is 3.78. The van der Waals surface area contributed by atoms with E-state index in [1.165, 1.54) is 13.2 Å². The second-order valence-electron chi connectivity index (χ2n) is 5.54. The van der Waals surface area contributed by atoms with E-state index in [9.17, 15) is 14.7 Å². The molecule has 1 saturated heterocycles. The Labute approximate surface area is 168 Å². The maximum Gasteiger partial charge on any atom is 0.293 e. The van der Waals surface area contributed by atoms with Crippen molar-refractivity contribution in [1.82, 2.24) is 4.90 Å².